The molecule has 1 aromatic heterocycles. The van der Waals surface area contributed by atoms with E-state index in [2.05, 4.69) is 9.97 Å². The Morgan fingerprint density at radius 2 is 1.90 bits per heavy atom. The molecular formula is C13H14N2O5. The molecule has 0 aliphatic rings. The molecule has 0 fully saturated rings. The summed E-state index contributed by atoms with van der Waals surface area (Å²) >= 11 is 0. The number of carbonyl (C=O) groups excluding carboxylic acids is 1. The minimum Gasteiger partial charge on any atom is -0.493 e. The average Bonchev–Trinajstić information content (AvgIpc) is 2.45. The van der Waals surface area contributed by atoms with Crippen molar-refractivity contribution in [3.05, 3.63) is 28.2 Å². The zero-order chi connectivity index (χ0) is 14.7. The van der Waals surface area contributed by atoms with Crippen LogP contribution in [0.3, 0.4) is 0 Å². The Hall–Kier alpha value is -2.57. The van der Waals surface area contributed by atoms with Crippen LogP contribution in [0.25, 0.3) is 11.0 Å². The molecule has 0 aliphatic carbocycles. The number of hydrogen-bond acceptors (Lipinski definition) is 6. The van der Waals surface area contributed by atoms with Gasteiger partial charge in [-0.3, -0.25) is 4.79 Å². The molecule has 0 saturated carbocycles. The maximum absolute atomic E-state index is 11.8. The maximum atomic E-state index is 11.8. The molecule has 1 N–H and O–H groups in total. The largest absolute Gasteiger partial charge is 0.493 e. The van der Waals surface area contributed by atoms with Crippen molar-refractivity contribution in [3.63, 3.8) is 0 Å². The van der Waals surface area contributed by atoms with E-state index in [1.54, 1.807) is 19.1 Å². The molecule has 7 heteroatoms. The summed E-state index contributed by atoms with van der Waals surface area (Å²) in [4.78, 5) is 30.0. The average molecular weight is 278 g/mol. The molecule has 20 heavy (non-hydrogen) atoms. The Labute approximate surface area is 114 Å². The zero-order valence-corrected chi connectivity index (χ0v) is 11.4. The van der Waals surface area contributed by atoms with Gasteiger partial charge in [-0.05, 0) is 6.92 Å². The SMILES string of the molecule is CCOC(=O)c1nc2cc(OC)c(OC)cc2[nH]c1=O. The molecular weight excluding hydrogens is 264 g/mol. The van der Waals surface area contributed by atoms with Crippen LogP contribution in [0.15, 0.2) is 16.9 Å². The van der Waals surface area contributed by atoms with Crippen molar-refractivity contribution in [2.45, 2.75) is 6.92 Å². The van der Waals surface area contributed by atoms with Crippen LogP contribution in [0.2, 0.25) is 0 Å². The van der Waals surface area contributed by atoms with Crippen molar-refractivity contribution >= 4 is 17.0 Å². The third-order valence-electron chi connectivity index (χ3n) is 2.67. The van der Waals surface area contributed by atoms with Crippen LogP contribution >= 0.6 is 0 Å². The number of nitrogens with zero attached hydrogens (tertiary/aromatic N) is 1. The highest BCUT2D eigenvalue weighted by Gasteiger charge is 2.16. The first-order valence-electron chi connectivity index (χ1n) is 5.93. The van der Waals surface area contributed by atoms with E-state index >= 15 is 0 Å². The fourth-order valence-electron chi connectivity index (χ4n) is 1.75. The van der Waals surface area contributed by atoms with Gasteiger partial charge in [-0.25, -0.2) is 9.78 Å². The molecule has 0 saturated heterocycles. The highest BCUT2D eigenvalue weighted by Crippen LogP contribution is 2.30. The predicted octanol–water partition coefficient (Wildman–Crippen LogP) is 1.12. The fourth-order valence-corrected chi connectivity index (χ4v) is 1.75. The second kappa shape index (κ2) is 5.60. The van der Waals surface area contributed by atoms with Gasteiger partial charge in [0.15, 0.2) is 11.5 Å². The third-order valence-corrected chi connectivity index (χ3v) is 2.67. The summed E-state index contributed by atoms with van der Waals surface area (Å²) in [6, 6.07) is 3.16. The highest BCUT2D eigenvalue weighted by atomic mass is 16.5. The molecule has 2 aromatic rings. The highest BCUT2D eigenvalue weighted by molar-refractivity contribution is 5.90. The van der Waals surface area contributed by atoms with E-state index in [-0.39, 0.29) is 12.3 Å². The monoisotopic (exact) mass is 278 g/mol. The van der Waals surface area contributed by atoms with Crippen LogP contribution < -0.4 is 15.0 Å². The molecule has 7 nitrogen and oxygen atoms in total. The summed E-state index contributed by atoms with van der Waals surface area (Å²) < 4.78 is 15.1. The number of hydrogen-bond donors (Lipinski definition) is 1. The van der Waals surface area contributed by atoms with Gasteiger partial charge in [0, 0.05) is 12.1 Å². The summed E-state index contributed by atoms with van der Waals surface area (Å²) in [6.07, 6.45) is 0. The number of nitrogens with one attached hydrogen (secondary N) is 1. The Bertz CT molecular complexity index is 708. The van der Waals surface area contributed by atoms with Gasteiger partial charge in [0.1, 0.15) is 0 Å². The van der Waals surface area contributed by atoms with Gasteiger partial charge >= 0.3 is 5.97 Å². The van der Waals surface area contributed by atoms with Gasteiger partial charge in [-0.1, -0.05) is 0 Å². The van der Waals surface area contributed by atoms with Crippen molar-refractivity contribution in [2.75, 3.05) is 20.8 Å². The Morgan fingerprint density at radius 3 is 2.50 bits per heavy atom. The third kappa shape index (κ3) is 2.42. The van der Waals surface area contributed by atoms with E-state index in [4.69, 9.17) is 14.2 Å². The number of fused-ring (bicyclic) bond motifs is 1. The lowest BCUT2D eigenvalue weighted by molar-refractivity contribution is 0.0517. The molecule has 0 atom stereocenters. The molecule has 106 valence electrons. The molecule has 1 aromatic carbocycles. The number of methoxy groups -OCH3 is 2. The molecule has 0 radical (unpaired) electrons. The first kappa shape index (κ1) is 13.9. The van der Waals surface area contributed by atoms with Crippen LogP contribution in [0.5, 0.6) is 11.5 Å². The molecule has 0 aliphatic heterocycles. The molecule has 2 rings (SSSR count). The van der Waals surface area contributed by atoms with Gasteiger partial charge in [-0.2, -0.15) is 0 Å². The molecule has 0 unspecified atom stereocenters. The number of rotatable bonds is 4. The number of aromatic nitrogens is 2. The summed E-state index contributed by atoms with van der Waals surface area (Å²) in [6.45, 7) is 1.82. The fraction of sp³-hybridized carbons (Fsp3) is 0.308. The first-order chi connectivity index (χ1) is 9.60. The van der Waals surface area contributed by atoms with Crippen molar-refractivity contribution in [1.29, 1.82) is 0 Å². The molecule has 0 bridgehead atoms. The molecule has 0 spiro atoms. The zero-order valence-electron chi connectivity index (χ0n) is 11.4. The first-order valence-corrected chi connectivity index (χ1v) is 5.93. The number of aromatic amines is 1. The predicted molar refractivity (Wildman–Crippen MR) is 71.4 cm³/mol. The van der Waals surface area contributed by atoms with Crippen LogP contribution in [0, 0.1) is 0 Å². The van der Waals surface area contributed by atoms with Crippen LogP contribution in [-0.2, 0) is 4.74 Å². The Balaban J connectivity index is 2.63. The van der Waals surface area contributed by atoms with E-state index in [0.29, 0.717) is 22.5 Å². The Kier molecular flexibility index (Phi) is 3.88. The van der Waals surface area contributed by atoms with E-state index in [1.165, 1.54) is 14.2 Å². The molecule has 1 heterocycles. The van der Waals surface area contributed by atoms with E-state index < -0.39 is 11.5 Å². The second-order valence-electron chi connectivity index (χ2n) is 3.86. The summed E-state index contributed by atoms with van der Waals surface area (Å²) in [5.41, 5.74) is -0.0410. The van der Waals surface area contributed by atoms with E-state index in [1.807, 2.05) is 0 Å². The number of benzene rings is 1. The second-order valence-corrected chi connectivity index (χ2v) is 3.86. The lowest BCUT2D eigenvalue weighted by Crippen LogP contribution is -2.22. The normalized spacial score (nSPS) is 10.3. The van der Waals surface area contributed by atoms with Crippen molar-refractivity contribution in [2.24, 2.45) is 0 Å². The minimum absolute atomic E-state index is 0.171. The van der Waals surface area contributed by atoms with Crippen molar-refractivity contribution in [1.82, 2.24) is 9.97 Å². The lowest BCUT2D eigenvalue weighted by Gasteiger charge is -2.09. The smallest absolute Gasteiger partial charge is 0.362 e. The minimum atomic E-state index is -0.759. The topological polar surface area (TPSA) is 90.5 Å². The van der Waals surface area contributed by atoms with Crippen molar-refractivity contribution < 1.29 is 19.0 Å². The van der Waals surface area contributed by atoms with Gasteiger partial charge in [-0.15, -0.1) is 0 Å². The van der Waals surface area contributed by atoms with E-state index in [9.17, 15) is 9.59 Å². The molecule has 0 amide bonds. The van der Waals surface area contributed by atoms with Crippen molar-refractivity contribution in [3.8, 4) is 11.5 Å². The van der Waals surface area contributed by atoms with Gasteiger partial charge in [0.2, 0.25) is 5.69 Å². The van der Waals surface area contributed by atoms with Gasteiger partial charge in [0.05, 0.1) is 31.9 Å². The lowest BCUT2D eigenvalue weighted by atomic mass is 10.2. The van der Waals surface area contributed by atoms with Gasteiger partial charge < -0.3 is 19.2 Å². The number of carbonyl (C=O) groups is 1. The Morgan fingerprint density at radius 1 is 1.25 bits per heavy atom. The van der Waals surface area contributed by atoms with Crippen LogP contribution in [0.4, 0.5) is 0 Å². The number of esters is 1. The summed E-state index contributed by atoms with van der Waals surface area (Å²) in [7, 11) is 2.98. The summed E-state index contributed by atoms with van der Waals surface area (Å²) in [5, 5.41) is 0. The number of ether oxygens (including phenoxy) is 3. The quantitative estimate of drug-likeness (QED) is 0.843. The van der Waals surface area contributed by atoms with E-state index in [0.717, 1.165) is 0 Å². The van der Waals surface area contributed by atoms with Crippen LogP contribution in [0.1, 0.15) is 17.4 Å². The number of H-pyrrole nitrogens is 1. The van der Waals surface area contributed by atoms with Crippen LogP contribution in [-0.4, -0.2) is 36.8 Å². The maximum Gasteiger partial charge on any atom is 0.362 e. The van der Waals surface area contributed by atoms with Gasteiger partial charge in [0.25, 0.3) is 5.56 Å². The standard InChI is InChI=1S/C13H14N2O5/c1-4-20-13(17)11-12(16)15-8-6-10(19-3)9(18-2)5-7(8)14-11/h5-6H,4H2,1-3H3,(H,15,16). The summed E-state index contributed by atoms with van der Waals surface area (Å²) in [5.74, 6) is 0.154.